The van der Waals surface area contributed by atoms with Gasteiger partial charge in [0.1, 0.15) is 0 Å². The van der Waals surface area contributed by atoms with Crippen molar-refractivity contribution in [2.24, 2.45) is 0 Å². The number of nitrogens with zero attached hydrogens (tertiary/aromatic N) is 1. The number of esters is 1. The number of carbonyl (C=O) groups excluding carboxylic acids is 2. The first-order valence-electron chi connectivity index (χ1n) is 8.76. The van der Waals surface area contributed by atoms with Crippen LogP contribution in [0.4, 0.5) is 13.2 Å². The predicted octanol–water partition coefficient (Wildman–Crippen LogP) is 4.32. The fraction of sp³-hybridized carbons (Fsp3) is 0.400. The predicted molar refractivity (Wildman–Crippen MR) is 93.2 cm³/mol. The molecule has 0 aromatic heterocycles. The molecule has 144 valence electrons. The van der Waals surface area contributed by atoms with Crippen molar-refractivity contribution in [1.29, 1.82) is 0 Å². The number of hydrogen-bond donors (Lipinski definition) is 0. The molecule has 1 heterocycles. The standard InChI is InChI=1S/C20H20F3NO3/c1-12-17(19(26)27-2)15(18(25)24(12)14-8-4-5-9-14)11-13-7-3-6-10-16(13)20(21,22)23/h3,6-7,10-11,14H,4-5,8-9H2,1-2H3/b15-11-. The van der Waals surface area contributed by atoms with Crippen molar-refractivity contribution in [3.63, 3.8) is 0 Å². The molecule has 4 nitrogen and oxygen atoms in total. The summed E-state index contributed by atoms with van der Waals surface area (Å²) in [7, 11) is 1.19. The molecular weight excluding hydrogens is 359 g/mol. The molecular formula is C20H20F3NO3. The van der Waals surface area contributed by atoms with Crippen LogP contribution in [-0.2, 0) is 20.5 Å². The first-order chi connectivity index (χ1) is 12.8. The molecule has 7 heteroatoms. The average Bonchev–Trinajstić information content (AvgIpc) is 3.21. The minimum Gasteiger partial charge on any atom is -0.465 e. The van der Waals surface area contributed by atoms with E-state index in [0.717, 1.165) is 37.8 Å². The van der Waals surface area contributed by atoms with Gasteiger partial charge in [-0.1, -0.05) is 31.0 Å². The maximum absolute atomic E-state index is 13.3. The van der Waals surface area contributed by atoms with Crippen LogP contribution in [0.2, 0.25) is 0 Å². The van der Waals surface area contributed by atoms with Crippen LogP contribution < -0.4 is 0 Å². The largest absolute Gasteiger partial charge is 0.465 e. The van der Waals surface area contributed by atoms with E-state index in [1.54, 1.807) is 11.8 Å². The van der Waals surface area contributed by atoms with Crippen LogP contribution in [0.1, 0.15) is 43.7 Å². The van der Waals surface area contributed by atoms with E-state index in [9.17, 15) is 22.8 Å². The number of halogens is 3. The summed E-state index contributed by atoms with van der Waals surface area (Å²) < 4.78 is 44.7. The second kappa shape index (κ2) is 7.21. The SMILES string of the molecule is COC(=O)C1=C(C)N(C2CCCC2)C(=O)/C1=C\c1ccccc1C(F)(F)F. The number of ether oxygens (including phenoxy) is 1. The minimum absolute atomic E-state index is 0.0337. The molecule has 1 amide bonds. The van der Waals surface area contributed by atoms with E-state index in [-0.39, 0.29) is 22.8 Å². The van der Waals surface area contributed by atoms with Gasteiger partial charge in [0.25, 0.3) is 5.91 Å². The average molecular weight is 379 g/mol. The summed E-state index contributed by atoms with van der Waals surface area (Å²) >= 11 is 0. The number of amides is 1. The Labute approximate surface area is 155 Å². The Morgan fingerprint density at radius 2 is 1.85 bits per heavy atom. The molecule has 0 atom stereocenters. The van der Waals surface area contributed by atoms with Gasteiger partial charge < -0.3 is 9.64 Å². The topological polar surface area (TPSA) is 46.6 Å². The lowest BCUT2D eigenvalue weighted by atomic mass is 10.00. The van der Waals surface area contributed by atoms with Crippen molar-refractivity contribution < 1.29 is 27.5 Å². The van der Waals surface area contributed by atoms with Gasteiger partial charge in [0.15, 0.2) is 0 Å². The van der Waals surface area contributed by atoms with Crippen molar-refractivity contribution in [3.8, 4) is 0 Å². The fourth-order valence-electron chi connectivity index (χ4n) is 3.84. The van der Waals surface area contributed by atoms with Gasteiger partial charge in [-0.3, -0.25) is 4.79 Å². The van der Waals surface area contributed by atoms with Crippen LogP contribution in [0, 0.1) is 0 Å². The molecule has 3 rings (SSSR count). The van der Waals surface area contributed by atoms with Gasteiger partial charge in [-0.15, -0.1) is 0 Å². The maximum atomic E-state index is 13.3. The summed E-state index contributed by atoms with van der Waals surface area (Å²) in [5.74, 6) is -1.17. The van der Waals surface area contributed by atoms with Gasteiger partial charge in [-0.05, 0) is 37.5 Å². The lowest BCUT2D eigenvalue weighted by Crippen LogP contribution is -2.34. The molecule has 1 aliphatic heterocycles. The number of alkyl halides is 3. The molecule has 0 spiro atoms. The van der Waals surface area contributed by atoms with E-state index in [2.05, 4.69) is 0 Å². The molecule has 1 fully saturated rings. The highest BCUT2D eigenvalue weighted by molar-refractivity contribution is 6.16. The number of benzene rings is 1. The molecule has 1 aromatic rings. The number of methoxy groups -OCH3 is 1. The van der Waals surface area contributed by atoms with Gasteiger partial charge in [0, 0.05) is 11.7 Å². The zero-order valence-electron chi connectivity index (χ0n) is 15.1. The van der Waals surface area contributed by atoms with Crippen molar-refractivity contribution in [1.82, 2.24) is 4.90 Å². The Morgan fingerprint density at radius 3 is 2.44 bits per heavy atom. The van der Waals surface area contributed by atoms with Crippen LogP contribution in [0.3, 0.4) is 0 Å². The van der Waals surface area contributed by atoms with Gasteiger partial charge in [0.2, 0.25) is 0 Å². The molecule has 0 unspecified atom stereocenters. The summed E-state index contributed by atoms with van der Waals surface area (Å²) in [6, 6.07) is 4.94. The van der Waals surface area contributed by atoms with Crippen molar-refractivity contribution >= 4 is 18.0 Å². The van der Waals surface area contributed by atoms with E-state index in [1.807, 2.05) is 0 Å². The Kier molecular flexibility index (Phi) is 5.13. The molecule has 1 saturated carbocycles. The number of rotatable bonds is 3. The lowest BCUT2D eigenvalue weighted by Gasteiger charge is -2.25. The van der Waals surface area contributed by atoms with Crippen molar-refractivity contribution in [2.45, 2.75) is 44.8 Å². The fourth-order valence-corrected chi connectivity index (χ4v) is 3.84. The summed E-state index contributed by atoms with van der Waals surface area (Å²) in [6.45, 7) is 1.64. The van der Waals surface area contributed by atoms with Gasteiger partial charge in [0.05, 0.1) is 23.8 Å². The van der Waals surface area contributed by atoms with Gasteiger partial charge >= 0.3 is 12.1 Å². The van der Waals surface area contributed by atoms with E-state index >= 15 is 0 Å². The zero-order chi connectivity index (χ0) is 19.8. The number of carbonyl (C=O) groups is 2. The Balaban J connectivity index is 2.12. The minimum atomic E-state index is -4.56. The lowest BCUT2D eigenvalue weighted by molar-refractivity contribution is -0.138. The summed E-state index contributed by atoms with van der Waals surface area (Å²) in [5.41, 5.74) is -0.592. The van der Waals surface area contributed by atoms with E-state index in [1.165, 1.54) is 25.3 Å². The third-order valence-corrected chi connectivity index (χ3v) is 5.09. The second-order valence-electron chi connectivity index (χ2n) is 6.71. The summed E-state index contributed by atoms with van der Waals surface area (Å²) in [4.78, 5) is 26.9. The highest BCUT2D eigenvalue weighted by Crippen LogP contribution is 2.39. The summed E-state index contributed by atoms with van der Waals surface area (Å²) in [6.07, 6.45) is 0.158. The molecule has 0 radical (unpaired) electrons. The molecule has 0 bridgehead atoms. The molecule has 1 aromatic carbocycles. The second-order valence-corrected chi connectivity index (χ2v) is 6.71. The maximum Gasteiger partial charge on any atom is 0.416 e. The Morgan fingerprint density at radius 1 is 1.22 bits per heavy atom. The van der Waals surface area contributed by atoms with Crippen LogP contribution in [0.15, 0.2) is 41.1 Å². The molecule has 1 aliphatic carbocycles. The molecule has 0 saturated heterocycles. The smallest absolute Gasteiger partial charge is 0.416 e. The summed E-state index contributed by atoms with van der Waals surface area (Å²) in [5, 5.41) is 0. The van der Waals surface area contributed by atoms with Crippen LogP contribution in [-0.4, -0.2) is 29.9 Å². The van der Waals surface area contributed by atoms with Crippen LogP contribution in [0.5, 0.6) is 0 Å². The Bertz CT molecular complexity index is 833. The van der Waals surface area contributed by atoms with Crippen molar-refractivity contribution in [3.05, 3.63) is 52.2 Å². The quantitative estimate of drug-likeness (QED) is 0.580. The van der Waals surface area contributed by atoms with Gasteiger partial charge in [-0.25, -0.2) is 4.79 Å². The first-order valence-corrected chi connectivity index (χ1v) is 8.76. The molecule has 27 heavy (non-hydrogen) atoms. The zero-order valence-corrected chi connectivity index (χ0v) is 15.1. The molecule has 0 N–H and O–H groups in total. The first kappa shape index (κ1) is 19.2. The highest BCUT2D eigenvalue weighted by Gasteiger charge is 2.41. The van der Waals surface area contributed by atoms with E-state index in [0.29, 0.717) is 5.70 Å². The van der Waals surface area contributed by atoms with Crippen LogP contribution in [0.25, 0.3) is 6.08 Å². The Hall–Kier alpha value is -2.57. The highest BCUT2D eigenvalue weighted by atomic mass is 19.4. The van der Waals surface area contributed by atoms with E-state index in [4.69, 9.17) is 4.74 Å². The monoisotopic (exact) mass is 379 g/mol. The van der Waals surface area contributed by atoms with E-state index < -0.39 is 23.6 Å². The van der Waals surface area contributed by atoms with Crippen molar-refractivity contribution in [2.75, 3.05) is 7.11 Å². The third-order valence-electron chi connectivity index (χ3n) is 5.09. The van der Waals surface area contributed by atoms with Gasteiger partial charge in [-0.2, -0.15) is 13.2 Å². The third kappa shape index (κ3) is 3.50. The normalized spacial score (nSPS) is 20.1. The van der Waals surface area contributed by atoms with Crippen LogP contribution >= 0.6 is 0 Å². The number of hydrogen-bond acceptors (Lipinski definition) is 3. The molecule has 2 aliphatic rings. The number of allylic oxidation sites excluding steroid dienone is 1.